The molecule has 0 saturated heterocycles. The fourth-order valence-electron chi connectivity index (χ4n) is 5.21. The monoisotopic (exact) mass is 427 g/mol. The summed E-state index contributed by atoms with van der Waals surface area (Å²) in [7, 11) is 0. The second kappa shape index (κ2) is 8.22. The van der Waals surface area contributed by atoms with Crippen molar-refractivity contribution in [3.05, 3.63) is 126 Å². The molecular formula is C31H27N2+. The van der Waals surface area contributed by atoms with E-state index in [9.17, 15) is 0 Å². The molecule has 33 heavy (non-hydrogen) atoms. The van der Waals surface area contributed by atoms with Gasteiger partial charge in [0, 0.05) is 16.7 Å². The van der Waals surface area contributed by atoms with Crippen LogP contribution in [-0.2, 0) is 13.1 Å². The van der Waals surface area contributed by atoms with Crippen molar-refractivity contribution in [2.75, 3.05) is 4.90 Å². The predicted octanol–water partition coefficient (Wildman–Crippen LogP) is 7.32. The first-order chi connectivity index (χ1) is 16.3. The maximum atomic E-state index is 2.45. The largest absolute Gasteiger partial charge is 0.259 e. The maximum Gasteiger partial charge on any atom is 0.240 e. The van der Waals surface area contributed by atoms with Crippen molar-refractivity contribution in [3.63, 3.8) is 0 Å². The van der Waals surface area contributed by atoms with E-state index < -0.39 is 0 Å². The molecule has 0 aromatic heterocycles. The number of rotatable bonds is 4. The summed E-state index contributed by atoms with van der Waals surface area (Å²) in [5.41, 5.74) is 5.38. The molecule has 0 fully saturated rings. The lowest BCUT2D eigenvalue weighted by Gasteiger charge is -2.28. The molecule has 5 aromatic carbocycles. The first-order valence-electron chi connectivity index (χ1n) is 11.7. The topological polar surface area (TPSA) is 6.25 Å². The summed E-state index contributed by atoms with van der Waals surface area (Å²) in [5.74, 6) is 0. The molecule has 160 valence electrons. The van der Waals surface area contributed by atoms with Gasteiger partial charge in [-0.25, -0.2) is 4.90 Å². The van der Waals surface area contributed by atoms with Crippen LogP contribution in [0.5, 0.6) is 0 Å². The summed E-state index contributed by atoms with van der Waals surface area (Å²) in [6.45, 7) is 4.11. The fraction of sp³-hybridized carbons (Fsp3) is 0.129. The van der Waals surface area contributed by atoms with Crippen molar-refractivity contribution in [2.45, 2.75) is 26.1 Å². The van der Waals surface area contributed by atoms with Gasteiger partial charge in [-0.1, -0.05) is 103 Å². The third-order valence-corrected chi connectivity index (χ3v) is 6.88. The summed E-state index contributed by atoms with van der Waals surface area (Å²) >= 11 is 0. The highest BCUT2D eigenvalue weighted by Gasteiger charge is 2.30. The van der Waals surface area contributed by atoms with Crippen LogP contribution in [0.2, 0.25) is 0 Å². The van der Waals surface area contributed by atoms with E-state index in [1.807, 2.05) is 0 Å². The molecule has 0 unspecified atom stereocenters. The van der Waals surface area contributed by atoms with Crippen LogP contribution in [0.4, 0.5) is 5.69 Å². The molecule has 0 aliphatic carbocycles. The molecule has 2 heteroatoms. The Kier molecular flexibility index (Phi) is 4.92. The first kappa shape index (κ1) is 19.8. The normalized spacial score (nSPS) is 14.2. The predicted molar refractivity (Wildman–Crippen MR) is 139 cm³/mol. The number of benzene rings is 5. The van der Waals surface area contributed by atoms with E-state index in [4.69, 9.17) is 0 Å². The van der Waals surface area contributed by atoms with Gasteiger partial charge in [0.05, 0.1) is 0 Å². The first-order valence-corrected chi connectivity index (χ1v) is 11.7. The van der Waals surface area contributed by atoms with Gasteiger partial charge in [0.2, 0.25) is 6.34 Å². The molecule has 0 spiro atoms. The van der Waals surface area contributed by atoms with Gasteiger partial charge in [-0.2, -0.15) is 0 Å². The quantitative estimate of drug-likeness (QED) is 0.272. The Bertz CT molecular complexity index is 1490. The van der Waals surface area contributed by atoms with Gasteiger partial charge < -0.3 is 0 Å². The van der Waals surface area contributed by atoms with Crippen molar-refractivity contribution >= 4 is 33.6 Å². The summed E-state index contributed by atoms with van der Waals surface area (Å²) in [6.07, 6.45) is 2.33. The van der Waals surface area contributed by atoms with Crippen LogP contribution in [0.1, 0.15) is 29.7 Å². The molecule has 6 rings (SSSR count). The summed E-state index contributed by atoms with van der Waals surface area (Å²) in [6, 6.07) is 39.7. The molecule has 1 atom stereocenters. The van der Waals surface area contributed by atoms with Crippen LogP contribution >= 0.6 is 0 Å². The van der Waals surface area contributed by atoms with Crippen LogP contribution in [0, 0.1) is 0 Å². The minimum atomic E-state index is 0.215. The molecular weight excluding hydrogens is 400 g/mol. The lowest BCUT2D eigenvalue weighted by molar-refractivity contribution is -0.557. The smallest absolute Gasteiger partial charge is 0.240 e. The number of hydrogen-bond donors (Lipinski definition) is 0. The Labute approximate surface area is 195 Å². The average molecular weight is 428 g/mol. The molecule has 0 saturated carbocycles. The maximum absolute atomic E-state index is 2.45. The van der Waals surface area contributed by atoms with Crippen molar-refractivity contribution in [2.24, 2.45) is 0 Å². The minimum absolute atomic E-state index is 0.215. The third kappa shape index (κ3) is 3.58. The molecule has 5 aromatic rings. The van der Waals surface area contributed by atoms with E-state index in [1.165, 1.54) is 43.9 Å². The highest BCUT2D eigenvalue weighted by atomic mass is 15.2. The SMILES string of the molecule is C[C@@H](c1cccc2ccccc12)N1C=[N+](Cc2cccc3ccccc23)Cc2ccccc21. The van der Waals surface area contributed by atoms with E-state index in [2.05, 4.69) is 132 Å². The minimum Gasteiger partial charge on any atom is -0.259 e. The fourth-order valence-corrected chi connectivity index (χ4v) is 5.21. The van der Waals surface area contributed by atoms with Gasteiger partial charge in [-0.05, 0) is 34.5 Å². The zero-order chi connectivity index (χ0) is 22.2. The number of nitrogens with zero attached hydrogens (tertiary/aromatic N) is 2. The Morgan fingerprint density at radius 2 is 1.33 bits per heavy atom. The second-order valence-corrected chi connectivity index (χ2v) is 8.94. The van der Waals surface area contributed by atoms with Crippen molar-refractivity contribution < 1.29 is 4.58 Å². The van der Waals surface area contributed by atoms with E-state index in [1.54, 1.807) is 0 Å². The van der Waals surface area contributed by atoms with Crippen LogP contribution in [0.15, 0.2) is 109 Å². The number of fused-ring (bicyclic) bond motifs is 3. The molecule has 1 heterocycles. The zero-order valence-corrected chi connectivity index (χ0v) is 18.9. The Morgan fingerprint density at radius 1 is 0.697 bits per heavy atom. The highest BCUT2D eigenvalue weighted by molar-refractivity contribution is 5.89. The lowest BCUT2D eigenvalue weighted by atomic mass is 9.97. The number of hydrogen-bond acceptors (Lipinski definition) is 1. The molecule has 0 bridgehead atoms. The highest BCUT2D eigenvalue weighted by Crippen LogP contribution is 2.34. The number of para-hydroxylation sites is 1. The Balaban J connectivity index is 1.43. The van der Waals surface area contributed by atoms with Gasteiger partial charge >= 0.3 is 0 Å². The molecule has 1 aliphatic heterocycles. The van der Waals surface area contributed by atoms with Crippen LogP contribution in [0.3, 0.4) is 0 Å². The lowest BCUT2D eigenvalue weighted by Crippen LogP contribution is -2.35. The van der Waals surface area contributed by atoms with Gasteiger partial charge in [0.25, 0.3) is 0 Å². The zero-order valence-electron chi connectivity index (χ0n) is 18.9. The van der Waals surface area contributed by atoms with E-state index in [-0.39, 0.29) is 6.04 Å². The van der Waals surface area contributed by atoms with E-state index in [0.717, 1.165) is 13.1 Å². The molecule has 1 aliphatic rings. The summed E-state index contributed by atoms with van der Waals surface area (Å²) < 4.78 is 2.45. The van der Waals surface area contributed by atoms with E-state index >= 15 is 0 Å². The Morgan fingerprint density at radius 3 is 2.18 bits per heavy atom. The van der Waals surface area contributed by atoms with E-state index in [0.29, 0.717) is 0 Å². The molecule has 0 N–H and O–H groups in total. The van der Waals surface area contributed by atoms with Gasteiger partial charge in [-0.3, -0.25) is 4.58 Å². The van der Waals surface area contributed by atoms with Gasteiger partial charge in [0.1, 0.15) is 24.8 Å². The van der Waals surface area contributed by atoms with Crippen LogP contribution in [-0.4, -0.2) is 10.9 Å². The molecule has 0 amide bonds. The summed E-state index contributed by atoms with van der Waals surface area (Å²) in [5, 5.41) is 5.25. The van der Waals surface area contributed by atoms with Crippen LogP contribution in [0.25, 0.3) is 21.5 Å². The molecule has 0 radical (unpaired) electrons. The number of anilines is 1. The second-order valence-electron chi connectivity index (χ2n) is 8.94. The summed E-state index contributed by atoms with van der Waals surface area (Å²) in [4.78, 5) is 2.45. The molecule has 2 nitrogen and oxygen atoms in total. The van der Waals surface area contributed by atoms with Crippen molar-refractivity contribution in [3.8, 4) is 0 Å². The van der Waals surface area contributed by atoms with Crippen molar-refractivity contribution in [1.82, 2.24) is 0 Å². The van der Waals surface area contributed by atoms with Gasteiger partial charge in [0.15, 0.2) is 0 Å². The standard InChI is InChI=1S/C31H27N2/c1-23(28-18-9-14-25-11-3-6-17-30(25)28)33-22-32(21-27-12-4-7-19-31(27)33)20-26-15-8-13-24-10-2-5-16-29(24)26/h2-19,22-23H,20-21H2,1H3/q+1/t23-/m0/s1. The van der Waals surface area contributed by atoms with Gasteiger partial charge in [-0.15, -0.1) is 0 Å². The average Bonchev–Trinajstić information content (AvgIpc) is 2.88. The van der Waals surface area contributed by atoms with Crippen LogP contribution < -0.4 is 4.90 Å². The third-order valence-electron chi connectivity index (χ3n) is 6.88. The van der Waals surface area contributed by atoms with Crippen molar-refractivity contribution in [1.29, 1.82) is 0 Å². The Hall–Kier alpha value is -3.91.